The molecule has 0 aliphatic carbocycles. The molecule has 0 heterocycles. The lowest BCUT2D eigenvalue weighted by Gasteiger charge is -2.20. The molecule has 0 aliphatic heterocycles. The lowest BCUT2D eigenvalue weighted by atomic mass is 10.1. The van der Waals surface area contributed by atoms with Crippen molar-refractivity contribution in [2.75, 3.05) is 5.32 Å². The molecule has 0 radical (unpaired) electrons. The van der Waals surface area contributed by atoms with Gasteiger partial charge in [-0.15, -0.1) is 0 Å². The molecule has 0 atom stereocenters. The van der Waals surface area contributed by atoms with E-state index in [-0.39, 0.29) is 11.4 Å². The van der Waals surface area contributed by atoms with Crippen molar-refractivity contribution in [3.05, 3.63) is 33.4 Å². The SMILES string of the molecule is Cc1ccc([N+](=O)[O-])c(NC(=O)OC(C)(C)C)c1C. The maximum atomic E-state index is 11.7. The van der Waals surface area contributed by atoms with Crippen LogP contribution in [0.25, 0.3) is 0 Å². The van der Waals surface area contributed by atoms with E-state index >= 15 is 0 Å². The van der Waals surface area contributed by atoms with E-state index in [9.17, 15) is 14.9 Å². The Kier molecular flexibility index (Phi) is 4.14. The summed E-state index contributed by atoms with van der Waals surface area (Å²) in [6.45, 7) is 8.71. The van der Waals surface area contributed by atoms with E-state index in [4.69, 9.17) is 4.74 Å². The lowest BCUT2D eigenvalue weighted by molar-refractivity contribution is -0.384. The molecule has 0 spiro atoms. The molecule has 104 valence electrons. The van der Waals surface area contributed by atoms with Gasteiger partial charge in [0.2, 0.25) is 0 Å². The van der Waals surface area contributed by atoms with Crippen molar-refractivity contribution in [1.29, 1.82) is 0 Å². The number of nitrogens with zero attached hydrogens (tertiary/aromatic N) is 1. The number of nitrogens with one attached hydrogen (secondary N) is 1. The molecular weight excluding hydrogens is 248 g/mol. The number of amides is 1. The molecule has 0 saturated heterocycles. The number of benzene rings is 1. The minimum absolute atomic E-state index is 0.144. The number of anilines is 1. The Morgan fingerprint density at radius 1 is 1.32 bits per heavy atom. The van der Waals surface area contributed by atoms with Crippen LogP contribution in [0, 0.1) is 24.0 Å². The Morgan fingerprint density at radius 3 is 2.37 bits per heavy atom. The van der Waals surface area contributed by atoms with Crippen LogP contribution in [0.1, 0.15) is 31.9 Å². The summed E-state index contributed by atoms with van der Waals surface area (Å²) in [4.78, 5) is 22.1. The van der Waals surface area contributed by atoms with E-state index in [1.165, 1.54) is 6.07 Å². The molecule has 6 heteroatoms. The Morgan fingerprint density at radius 2 is 1.89 bits per heavy atom. The number of nitro groups is 1. The molecule has 0 aromatic heterocycles. The molecule has 1 aromatic carbocycles. The summed E-state index contributed by atoms with van der Waals surface area (Å²) in [5.74, 6) is 0. The van der Waals surface area contributed by atoms with E-state index in [1.54, 1.807) is 33.8 Å². The van der Waals surface area contributed by atoms with Gasteiger partial charge in [0, 0.05) is 6.07 Å². The maximum Gasteiger partial charge on any atom is 0.412 e. The molecule has 0 fully saturated rings. The minimum atomic E-state index is -0.704. The molecule has 1 rings (SSSR count). The van der Waals surface area contributed by atoms with Crippen LogP contribution in [-0.4, -0.2) is 16.6 Å². The number of carbonyl (C=O) groups excluding carboxylic acids is 1. The van der Waals surface area contributed by atoms with Gasteiger partial charge in [0.15, 0.2) is 0 Å². The van der Waals surface area contributed by atoms with Gasteiger partial charge in [-0.3, -0.25) is 15.4 Å². The predicted octanol–water partition coefficient (Wildman–Crippen LogP) is 3.56. The van der Waals surface area contributed by atoms with Crippen LogP contribution < -0.4 is 5.32 Å². The van der Waals surface area contributed by atoms with Gasteiger partial charge >= 0.3 is 6.09 Å². The number of rotatable bonds is 2. The average molecular weight is 266 g/mol. The van der Waals surface area contributed by atoms with Gasteiger partial charge in [0.25, 0.3) is 5.69 Å². The topological polar surface area (TPSA) is 81.5 Å². The maximum absolute atomic E-state index is 11.7. The third-order valence-electron chi connectivity index (χ3n) is 2.54. The van der Waals surface area contributed by atoms with Crippen molar-refractivity contribution < 1.29 is 14.5 Å². The fourth-order valence-corrected chi connectivity index (χ4v) is 1.52. The summed E-state index contributed by atoms with van der Waals surface area (Å²) in [5.41, 5.74) is 0.890. The second kappa shape index (κ2) is 5.26. The molecule has 1 N–H and O–H groups in total. The van der Waals surface area contributed by atoms with Crippen LogP contribution in [0.15, 0.2) is 12.1 Å². The molecule has 6 nitrogen and oxygen atoms in total. The van der Waals surface area contributed by atoms with Crippen molar-refractivity contribution in [3.8, 4) is 0 Å². The molecule has 1 amide bonds. The van der Waals surface area contributed by atoms with E-state index in [0.717, 1.165) is 5.56 Å². The van der Waals surface area contributed by atoms with Gasteiger partial charge in [-0.2, -0.15) is 0 Å². The number of aryl methyl sites for hydroxylation is 1. The highest BCUT2D eigenvalue weighted by molar-refractivity contribution is 5.89. The monoisotopic (exact) mass is 266 g/mol. The van der Waals surface area contributed by atoms with E-state index in [1.807, 2.05) is 6.92 Å². The van der Waals surface area contributed by atoms with Gasteiger partial charge in [0.05, 0.1) is 4.92 Å². The van der Waals surface area contributed by atoms with Crippen molar-refractivity contribution in [2.24, 2.45) is 0 Å². The summed E-state index contributed by atoms with van der Waals surface area (Å²) >= 11 is 0. The zero-order chi connectivity index (χ0) is 14.8. The zero-order valence-corrected chi connectivity index (χ0v) is 11.7. The molecular formula is C13H18N2O4. The third-order valence-corrected chi connectivity index (χ3v) is 2.54. The molecule has 0 bridgehead atoms. The first-order chi connectivity index (χ1) is 8.61. The van der Waals surface area contributed by atoms with Crippen LogP contribution >= 0.6 is 0 Å². The third kappa shape index (κ3) is 3.94. The number of nitro benzene ring substituents is 1. The predicted molar refractivity (Wildman–Crippen MR) is 72.4 cm³/mol. The highest BCUT2D eigenvalue weighted by Crippen LogP contribution is 2.30. The number of hydrogen-bond donors (Lipinski definition) is 1. The number of carbonyl (C=O) groups is 1. The Balaban J connectivity index is 3.09. The smallest absolute Gasteiger partial charge is 0.412 e. The van der Waals surface area contributed by atoms with Crippen LogP contribution in [-0.2, 0) is 4.74 Å². The number of hydrogen-bond acceptors (Lipinski definition) is 4. The first-order valence-electron chi connectivity index (χ1n) is 5.86. The highest BCUT2D eigenvalue weighted by atomic mass is 16.6. The normalized spacial score (nSPS) is 11.0. The van der Waals surface area contributed by atoms with Crippen molar-refractivity contribution in [1.82, 2.24) is 0 Å². The van der Waals surface area contributed by atoms with Gasteiger partial charge in [-0.1, -0.05) is 6.07 Å². The molecule has 0 saturated carbocycles. The van der Waals surface area contributed by atoms with E-state index in [0.29, 0.717) is 5.56 Å². The van der Waals surface area contributed by atoms with Crippen LogP contribution in [0.2, 0.25) is 0 Å². The second-order valence-electron chi connectivity index (χ2n) is 5.29. The van der Waals surface area contributed by atoms with Crippen LogP contribution in [0.4, 0.5) is 16.2 Å². The van der Waals surface area contributed by atoms with Crippen LogP contribution in [0.5, 0.6) is 0 Å². The summed E-state index contributed by atoms with van der Waals surface area (Å²) < 4.78 is 5.10. The summed E-state index contributed by atoms with van der Waals surface area (Å²) in [6, 6.07) is 3.02. The lowest BCUT2D eigenvalue weighted by Crippen LogP contribution is -2.27. The fraction of sp³-hybridized carbons (Fsp3) is 0.462. The number of ether oxygens (including phenoxy) is 1. The first kappa shape index (κ1) is 14.9. The molecule has 0 aliphatic rings. The van der Waals surface area contributed by atoms with Crippen molar-refractivity contribution in [3.63, 3.8) is 0 Å². The van der Waals surface area contributed by atoms with Gasteiger partial charge < -0.3 is 4.74 Å². The van der Waals surface area contributed by atoms with Gasteiger partial charge in [-0.05, 0) is 45.7 Å². The Hall–Kier alpha value is -2.11. The average Bonchev–Trinajstić information content (AvgIpc) is 2.21. The fourth-order valence-electron chi connectivity index (χ4n) is 1.52. The quantitative estimate of drug-likeness (QED) is 0.655. The zero-order valence-electron chi connectivity index (χ0n) is 11.7. The van der Waals surface area contributed by atoms with Gasteiger partial charge in [0.1, 0.15) is 11.3 Å². The van der Waals surface area contributed by atoms with Crippen molar-refractivity contribution >= 4 is 17.5 Å². The first-order valence-corrected chi connectivity index (χ1v) is 5.86. The summed E-state index contributed by atoms with van der Waals surface area (Å²) in [7, 11) is 0. The molecule has 1 aromatic rings. The van der Waals surface area contributed by atoms with Crippen molar-refractivity contribution in [2.45, 2.75) is 40.2 Å². The molecule has 19 heavy (non-hydrogen) atoms. The standard InChI is InChI=1S/C13H18N2O4/c1-8-6-7-10(15(17)18)11(9(8)2)14-12(16)19-13(3,4)5/h6-7H,1-5H3,(H,14,16). The Bertz CT molecular complexity index is 518. The Labute approximate surface area is 111 Å². The second-order valence-corrected chi connectivity index (χ2v) is 5.29. The molecule has 0 unspecified atom stereocenters. The minimum Gasteiger partial charge on any atom is -0.444 e. The largest absolute Gasteiger partial charge is 0.444 e. The highest BCUT2D eigenvalue weighted by Gasteiger charge is 2.22. The summed E-state index contributed by atoms with van der Waals surface area (Å²) in [6.07, 6.45) is -0.704. The van der Waals surface area contributed by atoms with Crippen LogP contribution in [0.3, 0.4) is 0 Å². The van der Waals surface area contributed by atoms with E-state index < -0.39 is 16.6 Å². The summed E-state index contributed by atoms with van der Waals surface area (Å²) in [5, 5.41) is 13.4. The van der Waals surface area contributed by atoms with E-state index in [2.05, 4.69) is 5.32 Å². The van der Waals surface area contributed by atoms with Gasteiger partial charge in [-0.25, -0.2) is 4.79 Å².